The first-order valence-corrected chi connectivity index (χ1v) is 8.98. The highest BCUT2D eigenvalue weighted by Gasteiger charge is 2.16. The molecule has 126 valence electrons. The monoisotopic (exact) mass is 354 g/mol. The zero-order valence-corrected chi connectivity index (χ0v) is 15.1. The Kier molecular flexibility index (Phi) is 7.93. The Morgan fingerprint density at radius 3 is 2.70 bits per heavy atom. The van der Waals surface area contributed by atoms with Gasteiger partial charge in [0.25, 0.3) is 0 Å². The standard InChI is InChI=1S/C18H24Cl2N2O/c1-2-3-4-5-6-11-23-18(13-22-10-9-21-14-22)16-8-7-15(19)12-17(16)20/h7-10,12,14,18H,2-6,11,13H2,1H3. The van der Waals surface area contributed by atoms with Gasteiger partial charge >= 0.3 is 0 Å². The number of halogens is 2. The topological polar surface area (TPSA) is 27.1 Å². The van der Waals surface area contributed by atoms with E-state index in [1.165, 1.54) is 25.7 Å². The summed E-state index contributed by atoms with van der Waals surface area (Å²) in [6.45, 7) is 3.65. The van der Waals surface area contributed by atoms with E-state index in [9.17, 15) is 0 Å². The molecule has 0 spiro atoms. The van der Waals surface area contributed by atoms with Crippen LogP contribution in [0.15, 0.2) is 36.9 Å². The number of hydrogen-bond acceptors (Lipinski definition) is 2. The van der Waals surface area contributed by atoms with Gasteiger partial charge in [-0.3, -0.25) is 0 Å². The Morgan fingerprint density at radius 2 is 2.00 bits per heavy atom. The number of rotatable bonds is 10. The molecule has 1 heterocycles. The Hall–Kier alpha value is -1.03. The summed E-state index contributed by atoms with van der Waals surface area (Å²) in [5.41, 5.74) is 0.971. The molecule has 1 atom stereocenters. The first-order chi connectivity index (χ1) is 11.2. The van der Waals surface area contributed by atoms with Gasteiger partial charge in [-0.2, -0.15) is 0 Å². The van der Waals surface area contributed by atoms with Crippen LogP contribution in [0.5, 0.6) is 0 Å². The zero-order chi connectivity index (χ0) is 16.5. The smallest absolute Gasteiger partial charge is 0.102 e. The number of hydrogen-bond donors (Lipinski definition) is 0. The van der Waals surface area contributed by atoms with Crippen LogP contribution in [0, 0.1) is 0 Å². The van der Waals surface area contributed by atoms with Crippen molar-refractivity contribution in [3.8, 4) is 0 Å². The summed E-state index contributed by atoms with van der Waals surface area (Å²) in [5.74, 6) is 0. The van der Waals surface area contributed by atoms with Gasteiger partial charge in [-0.25, -0.2) is 4.98 Å². The first-order valence-electron chi connectivity index (χ1n) is 8.23. The van der Waals surface area contributed by atoms with Crippen LogP contribution in [0.1, 0.15) is 50.7 Å². The molecule has 2 rings (SSSR count). The third kappa shape index (κ3) is 6.17. The lowest BCUT2D eigenvalue weighted by Crippen LogP contribution is -2.13. The average Bonchev–Trinajstić information content (AvgIpc) is 3.03. The minimum Gasteiger partial charge on any atom is -0.372 e. The molecular formula is C18H24Cl2N2O. The van der Waals surface area contributed by atoms with Gasteiger partial charge in [0.2, 0.25) is 0 Å². The van der Waals surface area contributed by atoms with Gasteiger partial charge in [0.15, 0.2) is 0 Å². The molecule has 1 unspecified atom stereocenters. The van der Waals surface area contributed by atoms with Crippen LogP contribution < -0.4 is 0 Å². The Balaban J connectivity index is 1.97. The fraction of sp³-hybridized carbons (Fsp3) is 0.500. The molecule has 1 aromatic heterocycles. The Labute approximate surface area is 148 Å². The van der Waals surface area contributed by atoms with E-state index in [-0.39, 0.29) is 6.10 Å². The molecule has 1 aromatic carbocycles. The molecule has 0 saturated carbocycles. The lowest BCUT2D eigenvalue weighted by Gasteiger charge is -2.20. The summed E-state index contributed by atoms with van der Waals surface area (Å²) in [6, 6.07) is 5.57. The van der Waals surface area contributed by atoms with Crippen LogP contribution in [0.3, 0.4) is 0 Å². The molecule has 5 heteroatoms. The SMILES string of the molecule is CCCCCCCOC(Cn1ccnc1)c1ccc(Cl)cc1Cl. The van der Waals surface area contributed by atoms with E-state index in [0.717, 1.165) is 18.6 Å². The van der Waals surface area contributed by atoms with Gasteiger partial charge in [0.05, 0.1) is 12.9 Å². The fourth-order valence-corrected chi connectivity index (χ4v) is 3.05. The van der Waals surface area contributed by atoms with E-state index < -0.39 is 0 Å². The molecule has 2 aromatic rings. The van der Waals surface area contributed by atoms with Crippen LogP contribution in [0.25, 0.3) is 0 Å². The van der Waals surface area contributed by atoms with Crippen molar-refractivity contribution in [2.45, 2.75) is 51.7 Å². The van der Waals surface area contributed by atoms with Crippen LogP contribution in [0.4, 0.5) is 0 Å². The van der Waals surface area contributed by atoms with Crippen molar-refractivity contribution in [2.24, 2.45) is 0 Å². The number of aromatic nitrogens is 2. The highest BCUT2D eigenvalue weighted by atomic mass is 35.5. The van der Waals surface area contributed by atoms with Crippen LogP contribution in [0.2, 0.25) is 10.0 Å². The molecule has 0 radical (unpaired) electrons. The van der Waals surface area contributed by atoms with E-state index >= 15 is 0 Å². The maximum Gasteiger partial charge on any atom is 0.102 e. The number of ether oxygens (including phenoxy) is 1. The van der Waals surface area contributed by atoms with Gasteiger partial charge in [-0.15, -0.1) is 0 Å². The molecule has 0 aliphatic carbocycles. The van der Waals surface area contributed by atoms with E-state index in [1.54, 1.807) is 18.6 Å². The highest BCUT2D eigenvalue weighted by Crippen LogP contribution is 2.29. The molecule has 0 saturated heterocycles. The lowest BCUT2D eigenvalue weighted by atomic mass is 10.1. The quantitative estimate of drug-likeness (QED) is 0.495. The normalized spacial score (nSPS) is 12.5. The van der Waals surface area contributed by atoms with Crippen molar-refractivity contribution in [3.05, 3.63) is 52.5 Å². The minimum absolute atomic E-state index is 0.0971. The second kappa shape index (κ2) is 9.96. The minimum atomic E-state index is -0.0971. The van der Waals surface area contributed by atoms with Crippen molar-refractivity contribution < 1.29 is 4.74 Å². The van der Waals surface area contributed by atoms with Crippen LogP contribution in [-0.4, -0.2) is 16.2 Å². The Bertz CT molecular complexity index is 572. The summed E-state index contributed by atoms with van der Waals surface area (Å²) in [4.78, 5) is 4.09. The van der Waals surface area contributed by atoms with Crippen LogP contribution in [-0.2, 0) is 11.3 Å². The summed E-state index contributed by atoms with van der Waals surface area (Å²) in [6.07, 6.45) is 11.5. The summed E-state index contributed by atoms with van der Waals surface area (Å²) in [7, 11) is 0. The van der Waals surface area contributed by atoms with E-state index in [4.69, 9.17) is 27.9 Å². The van der Waals surface area contributed by atoms with Gasteiger partial charge in [-0.05, 0) is 18.6 Å². The lowest BCUT2D eigenvalue weighted by molar-refractivity contribution is 0.0380. The molecule has 3 nitrogen and oxygen atoms in total. The summed E-state index contributed by atoms with van der Waals surface area (Å²) < 4.78 is 8.13. The van der Waals surface area contributed by atoms with Crippen molar-refractivity contribution in [1.82, 2.24) is 9.55 Å². The predicted molar refractivity (Wildman–Crippen MR) is 96.1 cm³/mol. The van der Waals surface area contributed by atoms with Gasteiger partial charge in [0, 0.05) is 34.6 Å². The molecule has 0 aliphatic rings. The molecule has 0 amide bonds. The number of nitrogens with zero attached hydrogens (tertiary/aromatic N) is 2. The number of unbranched alkanes of at least 4 members (excludes halogenated alkanes) is 4. The molecule has 0 aliphatic heterocycles. The fourth-order valence-electron chi connectivity index (χ4n) is 2.52. The third-order valence-electron chi connectivity index (χ3n) is 3.81. The molecule has 0 N–H and O–H groups in total. The molecule has 23 heavy (non-hydrogen) atoms. The van der Waals surface area contributed by atoms with Gasteiger partial charge < -0.3 is 9.30 Å². The number of imidazole rings is 1. The van der Waals surface area contributed by atoms with Gasteiger partial charge in [-0.1, -0.05) is 61.9 Å². The average molecular weight is 355 g/mol. The molecule has 0 fully saturated rings. The number of benzene rings is 1. The van der Waals surface area contributed by atoms with E-state index in [2.05, 4.69) is 11.9 Å². The highest BCUT2D eigenvalue weighted by molar-refractivity contribution is 6.35. The van der Waals surface area contributed by atoms with Crippen molar-refractivity contribution >= 4 is 23.2 Å². The second-order valence-electron chi connectivity index (χ2n) is 5.70. The van der Waals surface area contributed by atoms with Crippen molar-refractivity contribution in [2.75, 3.05) is 6.61 Å². The predicted octanol–water partition coefficient (Wildman–Crippen LogP) is 5.92. The maximum atomic E-state index is 6.36. The van der Waals surface area contributed by atoms with Crippen molar-refractivity contribution in [1.29, 1.82) is 0 Å². The first kappa shape index (κ1) is 18.3. The zero-order valence-electron chi connectivity index (χ0n) is 13.5. The molecular weight excluding hydrogens is 331 g/mol. The van der Waals surface area contributed by atoms with E-state index in [1.807, 2.05) is 22.9 Å². The summed E-state index contributed by atoms with van der Waals surface area (Å²) >= 11 is 12.4. The Morgan fingerprint density at radius 1 is 1.17 bits per heavy atom. The largest absolute Gasteiger partial charge is 0.372 e. The molecule has 0 bridgehead atoms. The third-order valence-corrected chi connectivity index (χ3v) is 4.37. The van der Waals surface area contributed by atoms with Crippen LogP contribution >= 0.6 is 23.2 Å². The van der Waals surface area contributed by atoms with Crippen molar-refractivity contribution in [3.63, 3.8) is 0 Å². The summed E-state index contributed by atoms with van der Waals surface area (Å²) in [5, 5.41) is 1.29. The van der Waals surface area contributed by atoms with E-state index in [0.29, 0.717) is 16.6 Å². The maximum absolute atomic E-state index is 6.36. The second-order valence-corrected chi connectivity index (χ2v) is 6.54. The van der Waals surface area contributed by atoms with Gasteiger partial charge in [0.1, 0.15) is 6.10 Å².